The largest absolute Gasteiger partial charge is 0.433 e. The number of rotatable bonds is 4. The lowest BCUT2D eigenvalue weighted by atomic mass is 10.1. The average molecular weight is 220 g/mol. The van der Waals surface area contributed by atoms with E-state index in [4.69, 9.17) is 5.11 Å². The summed E-state index contributed by atoms with van der Waals surface area (Å²) >= 11 is 0. The van der Waals surface area contributed by atoms with Gasteiger partial charge >= 0.3 is 5.97 Å². The highest BCUT2D eigenvalue weighted by molar-refractivity contribution is 5.87. The summed E-state index contributed by atoms with van der Waals surface area (Å²) in [7, 11) is 0. The first-order valence-corrected chi connectivity index (χ1v) is 5.25. The smallest absolute Gasteiger partial charge is 0.333 e. The number of hydrogen-bond donors (Lipinski definition) is 1. The number of ether oxygens (including phenoxy) is 1. The van der Waals surface area contributed by atoms with E-state index in [0.29, 0.717) is 6.42 Å². The van der Waals surface area contributed by atoms with E-state index < -0.39 is 12.3 Å². The minimum Gasteiger partial charge on any atom is -0.433 e. The molecule has 0 aliphatic rings. The van der Waals surface area contributed by atoms with Crippen molar-refractivity contribution in [3.05, 3.63) is 41.5 Å². The first kappa shape index (κ1) is 12.5. The predicted octanol–water partition coefficient (Wildman–Crippen LogP) is 2.28. The number of carbonyl (C=O) groups excluding carboxylic acids is 1. The van der Waals surface area contributed by atoms with Gasteiger partial charge in [-0.15, -0.1) is 0 Å². The molecule has 0 radical (unpaired) electrons. The lowest BCUT2D eigenvalue weighted by Gasteiger charge is -2.06. The maximum absolute atomic E-state index is 11.2. The Kier molecular flexibility index (Phi) is 4.73. The maximum atomic E-state index is 11.2. The van der Waals surface area contributed by atoms with Crippen LogP contribution in [-0.4, -0.2) is 17.4 Å². The summed E-state index contributed by atoms with van der Waals surface area (Å²) in [5, 5.41) is 9.08. The van der Waals surface area contributed by atoms with Crippen molar-refractivity contribution in [3.63, 3.8) is 0 Å². The van der Waals surface area contributed by atoms with Crippen molar-refractivity contribution >= 4 is 12.0 Å². The zero-order valence-electron chi connectivity index (χ0n) is 9.51. The summed E-state index contributed by atoms with van der Waals surface area (Å²) in [6.07, 6.45) is 2.34. The van der Waals surface area contributed by atoms with E-state index in [9.17, 15) is 4.79 Å². The van der Waals surface area contributed by atoms with Gasteiger partial charge < -0.3 is 9.84 Å². The number of hydrogen-bond acceptors (Lipinski definition) is 3. The van der Waals surface area contributed by atoms with Gasteiger partial charge in [-0.05, 0) is 18.6 Å². The monoisotopic (exact) mass is 220 g/mol. The van der Waals surface area contributed by atoms with Gasteiger partial charge in [-0.1, -0.05) is 36.8 Å². The summed E-state index contributed by atoms with van der Waals surface area (Å²) in [4.78, 5) is 11.2. The van der Waals surface area contributed by atoms with Crippen molar-refractivity contribution < 1.29 is 14.6 Å². The minimum absolute atomic E-state index is 0.393. The fourth-order valence-corrected chi connectivity index (χ4v) is 1.10. The van der Waals surface area contributed by atoms with Gasteiger partial charge in [0.05, 0.1) is 0 Å². The summed E-state index contributed by atoms with van der Waals surface area (Å²) in [6.45, 7) is 3.74. The van der Waals surface area contributed by atoms with Crippen LogP contribution in [0, 0.1) is 6.92 Å². The van der Waals surface area contributed by atoms with E-state index in [1.54, 1.807) is 13.0 Å². The van der Waals surface area contributed by atoms with Gasteiger partial charge in [-0.25, -0.2) is 4.79 Å². The molecule has 0 saturated carbocycles. The van der Waals surface area contributed by atoms with Gasteiger partial charge in [0.25, 0.3) is 0 Å². The van der Waals surface area contributed by atoms with Gasteiger partial charge in [-0.2, -0.15) is 0 Å². The van der Waals surface area contributed by atoms with Crippen molar-refractivity contribution in [3.8, 4) is 0 Å². The van der Waals surface area contributed by atoms with Crippen molar-refractivity contribution in [1.29, 1.82) is 0 Å². The van der Waals surface area contributed by atoms with E-state index in [-0.39, 0.29) is 0 Å². The number of aryl methyl sites for hydroxylation is 1. The quantitative estimate of drug-likeness (QED) is 0.481. The molecule has 3 nitrogen and oxygen atoms in total. The third-order valence-corrected chi connectivity index (χ3v) is 2.09. The van der Waals surface area contributed by atoms with Crippen LogP contribution < -0.4 is 0 Å². The van der Waals surface area contributed by atoms with Crippen molar-refractivity contribution in [1.82, 2.24) is 0 Å². The third kappa shape index (κ3) is 4.28. The van der Waals surface area contributed by atoms with E-state index in [1.165, 1.54) is 11.6 Å². The lowest BCUT2D eigenvalue weighted by Crippen LogP contribution is -2.14. The Hall–Kier alpha value is -1.61. The first-order valence-electron chi connectivity index (χ1n) is 5.25. The SMILES string of the molecule is CCC(O)OC(=O)C=Cc1ccc(C)cc1. The molecular formula is C13H16O3. The molecule has 0 spiro atoms. The van der Waals surface area contributed by atoms with Crippen molar-refractivity contribution in [2.24, 2.45) is 0 Å². The standard InChI is InChI=1S/C13H16O3/c1-3-12(14)16-13(15)9-8-11-6-4-10(2)5-7-11/h4-9,12,14H,3H2,1-2H3. The second-order valence-electron chi connectivity index (χ2n) is 3.54. The molecule has 3 heteroatoms. The molecule has 0 amide bonds. The van der Waals surface area contributed by atoms with Crippen LogP contribution >= 0.6 is 0 Å². The molecule has 0 bridgehead atoms. The zero-order valence-corrected chi connectivity index (χ0v) is 9.51. The molecule has 16 heavy (non-hydrogen) atoms. The third-order valence-electron chi connectivity index (χ3n) is 2.09. The average Bonchev–Trinajstić information content (AvgIpc) is 2.28. The van der Waals surface area contributed by atoms with Crippen LogP contribution in [0.25, 0.3) is 6.08 Å². The van der Waals surface area contributed by atoms with E-state index >= 15 is 0 Å². The molecule has 1 rings (SSSR count). The maximum Gasteiger partial charge on any atom is 0.333 e. The number of aliphatic hydroxyl groups excluding tert-OH is 1. The molecule has 1 unspecified atom stereocenters. The fraction of sp³-hybridized carbons (Fsp3) is 0.308. The molecule has 1 N–H and O–H groups in total. The Bertz CT molecular complexity index is 365. The molecule has 0 heterocycles. The number of carbonyl (C=O) groups is 1. The highest BCUT2D eigenvalue weighted by Crippen LogP contribution is 2.05. The number of benzene rings is 1. The van der Waals surface area contributed by atoms with Gasteiger partial charge in [0.1, 0.15) is 0 Å². The molecule has 1 atom stereocenters. The topological polar surface area (TPSA) is 46.5 Å². The highest BCUT2D eigenvalue weighted by Gasteiger charge is 2.04. The molecule has 1 aromatic carbocycles. The second kappa shape index (κ2) is 6.08. The van der Waals surface area contributed by atoms with E-state index in [1.807, 2.05) is 31.2 Å². The molecule has 86 valence electrons. The Labute approximate surface area is 95.4 Å². The number of aliphatic hydroxyl groups is 1. The van der Waals surface area contributed by atoms with Crippen molar-refractivity contribution in [2.75, 3.05) is 0 Å². The Morgan fingerprint density at radius 2 is 2.06 bits per heavy atom. The van der Waals surface area contributed by atoms with E-state index in [2.05, 4.69) is 4.74 Å². The first-order chi connectivity index (χ1) is 7.61. The Morgan fingerprint density at radius 3 is 2.62 bits per heavy atom. The van der Waals surface area contributed by atoms with Crippen LogP contribution in [0.5, 0.6) is 0 Å². The number of esters is 1. The van der Waals surface area contributed by atoms with E-state index in [0.717, 1.165) is 5.56 Å². The molecule has 0 aliphatic heterocycles. The van der Waals surface area contributed by atoms with Gasteiger partial charge in [-0.3, -0.25) is 0 Å². The van der Waals surface area contributed by atoms with Gasteiger partial charge in [0.15, 0.2) is 0 Å². The van der Waals surface area contributed by atoms with Crippen LogP contribution in [0.3, 0.4) is 0 Å². The van der Waals surface area contributed by atoms with Gasteiger partial charge in [0.2, 0.25) is 6.29 Å². The minimum atomic E-state index is -1.02. The zero-order chi connectivity index (χ0) is 12.0. The Morgan fingerprint density at radius 1 is 1.44 bits per heavy atom. The summed E-state index contributed by atoms with van der Waals surface area (Å²) < 4.78 is 4.67. The van der Waals surface area contributed by atoms with Crippen LogP contribution in [0.15, 0.2) is 30.3 Å². The highest BCUT2D eigenvalue weighted by atomic mass is 16.6. The second-order valence-corrected chi connectivity index (χ2v) is 3.54. The molecule has 0 fully saturated rings. The van der Waals surface area contributed by atoms with Crippen LogP contribution in [0.1, 0.15) is 24.5 Å². The molecular weight excluding hydrogens is 204 g/mol. The summed E-state index contributed by atoms with van der Waals surface area (Å²) in [5.74, 6) is -0.532. The molecule has 0 saturated heterocycles. The normalized spacial score (nSPS) is 12.7. The predicted molar refractivity (Wildman–Crippen MR) is 62.6 cm³/mol. The molecule has 1 aromatic rings. The molecule has 0 aromatic heterocycles. The fourth-order valence-electron chi connectivity index (χ4n) is 1.10. The van der Waals surface area contributed by atoms with Crippen LogP contribution in [-0.2, 0) is 9.53 Å². The summed E-state index contributed by atoms with van der Waals surface area (Å²) in [5.41, 5.74) is 2.09. The lowest BCUT2D eigenvalue weighted by molar-refractivity contribution is -0.161. The van der Waals surface area contributed by atoms with Gasteiger partial charge in [0, 0.05) is 12.5 Å². The van der Waals surface area contributed by atoms with Crippen molar-refractivity contribution in [2.45, 2.75) is 26.6 Å². The van der Waals surface area contributed by atoms with Crippen LogP contribution in [0.2, 0.25) is 0 Å². The van der Waals surface area contributed by atoms with Crippen LogP contribution in [0.4, 0.5) is 0 Å². The summed E-state index contributed by atoms with van der Waals surface area (Å²) in [6, 6.07) is 7.75. The molecule has 0 aliphatic carbocycles. The Balaban J connectivity index is 2.53.